The summed E-state index contributed by atoms with van der Waals surface area (Å²) in [5.41, 5.74) is 0.690. The quantitative estimate of drug-likeness (QED) is 0.581. The van der Waals surface area contributed by atoms with E-state index < -0.39 is 10.5 Å². The Morgan fingerprint density at radius 1 is 1.46 bits per heavy atom. The molecule has 0 atom stereocenters. The number of rotatable bonds is 4. The first-order valence-corrected chi connectivity index (χ1v) is 9.76. The van der Waals surface area contributed by atoms with E-state index in [1.54, 1.807) is 17.0 Å². The lowest BCUT2D eigenvalue weighted by Gasteiger charge is -2.38. The van der Waals surface area contributed by atoms with Crippen LogP contribution in [-0.2, 0) is 4.74 Å². The molecule has 2 aromatic rings. The zero-order valence-corrected chi connectivity index (χ0v) is 16.4. The van der Waals surface area contributed by atoms with Gasteiger partial charge in [-0.05, 0) is 32.9 Å². The number of hydrogen-bond donors (Lipinski definition) is 0. The van der Waals surface area contributed by atoms with Crippen LogP contribution in [0, 0.1) is 17.0 Å². The van der Waals surface area contributed by atoms with Gasteiger partial charge in [0.2, 0.25) is 0 Å². The normalized spacial score (nSPS) is 16.5. The van der Waals surface area contributed by atoms with E-state index in [4.69, 9.17) is 4.74 Å². The number of carbonyl (C=O) groups is 1. The van der Waals surface area contributed by atoms with E-state index in [1.165, 1.54) is 29.2 Å². The average molecular weight is 393 g/mol. The fraction of sp³-hybridized carbons (Fsp3) is 0.412. The zero-order chi connectivity index (χ0) is 18.9. The molecule has 1 aliphatic heterocycles. The van der Waals surface area contributed by atoms with Gasteiger partial charge in [0.1, 0.15) is 0 Å². The van der Waals surface area contributed by atoms with Gasteiger partial charge in [-0.15, -0.1) is 11.3 Å². The molecule has 1 aliphatic rings. The first-order chi connectivity index (χ1) is 12.2. The maximum Gasteiger partial charge on any atom is 0.284 e. The first-order valence-electron chi connectivity index (χ1n) is 8.07. The van der Waals surface area contributed by atoms with Crippen molar-refractivity contribution in [1.29, 1.82) is 0 Å². The van der Waals surface area contributed by atoms with Crippen LogP contribution in [0.15, 0.2) is 32.8 Å². The third kappa shape index (κ3) is 4.22. The molecule has 0 saturated carbocycles. The summed E-state index contributed by atoms with van der Waals surface area (Å²) < 4.78 is 6.36. The Balaban J connectivity index is 1.86. The van der Waals surface area contributed by atoms with Gasteiger partial charge in [-0.25, -0.2) is 4.98 Å². The first kappa shape index (κ1) is 18.8. The summed E-state index contributed by atoms with van der Waals surface area (Å²) in [5, 5.41) is 13.4. The van der Waals surface area contributed by atoms with Crippen LogP contribution in [0.3, 0.4) is 0 Å². The molecule has 0 aliphatic carbocycles. The molecule has 9 heteroatoms. The van der Waals surface area contributed by atoms with Crippen molar-refractivity contribution in [2.45, 2.75) is 35.6 Å². The Hall–Kier alpha value is -1.97. The molecule has 138 valence electrons. The highest BCUT2D eigenvalue weighted by Crippen LogP contribution is 2.37. The van der Waals surface area contributed by atoms with E-state index in [0.29, 0.717) is 30.2 Å². The van der Waals surface area contributed by atoms with Crippen LogP contribution >= 0.6 is 23.1 Å². The van der Waals surface area contributed by atoms with Gasteiger partial charge < -0.3 is 9.64 Å². The van der Waals surface area contributed by atoms with Crippen molar-refractivity contribution in [2.75, 3.05) is 19.7 Å². The highest BCUT2D eigenvalue weighted by atomic mass is 32.2. The molecule has 1 fully saturated rings. The number of carbonyl (C=O) groups excluding carboxylic acids is 1. The number of morpholine rings is 1. The molecule has 1 aromatic heterocycles. The Labute approximate surface area is 159 Å². The van der Waals surface area contributed by atoms with Crippen molar-refractivity contribution in [3.8, 4) is 0 Å². The molecule has 1 amide bonds. The molecule has 0 unspecified atom stereocenters. The predicted octanol–water partition coefficient (Wildman–Crippen LogP) is 3.76. The van der Waals surface area contributed by atoms with Gasteiger partial charge in [0.15, 0.2) is 4.34 Å². The van der Waals surface area contributed by atoms with Crippen LogP contribution in [0.4, 0.5) is 5.69 Å². The van der Waals surface area contributed by atoms with Crippen LogP contribution < -0.4 is 0 Å². The highest BCUT2D eigenvalue weighted by Gasteiger charge is 2.31. The van der Waals surface area contributed by atoms with Crippen molar-refractivity contribution >= 4 is 34.7 Å². The lowest BCUT2D eigenvalue weighted by atomic mass is 10.1. The number of thiazole rings is 1. The predicted molar refractivity (Wildman–Crippen MR) is 100 cm³/mol. The van der Waals surface area contributed by atoms with Crippen molar-refractivity contribution in [1.82, 2.24) is 9.88 Å². The van der Waals surface area contributed by atoms with E-state index in [-0.39, 0.29) is 11.6 Å². The number of nitro groups is 1. The molecule has 7 nitrogen and oxygen atoms in total. The minimum absolute atomic E-state index is 0.0822. The molecule has 26 heavy (non-hydrogen) atoms. The third-order valence-corrected chi connectivity index (χ3v) is 6.03. The maximum absolute atomic E-state index is 12.8. The minimum atomic E-state index is -0.456. The van der Waals surface area contributed by atoms with Gasteiger partial charge in [0.25, 0.3) is 11.6 Å². The van der Waals surface area contributed by atoms with Crippen LogP contribution in [-0.4, -0.2) is 46.0 Å². The Morgan fingerprint density at radius 3 is 2.85 bits per heavy atom. The molecule has 2 heterocycles. The zero-order valence-electron chi connectivity index (χ0n) is 14.7. The van der Waals surface area contributed by atoms with Gasteiger partial charge in [-0.2, -0.15) is 0 Å². The number of aryl methyl sites for hydroxylation is 1. The number of amides is 1. The average Bonchev–Trinajstić information content (AvgIpc) is 2.98. The Morgan fingerprint density at radius 2 is 2.23 bits per heavy atom. The van der Waals surface area contributed by atoms with Gasteiger partial charge in [-0.1, -0.05) is 11.8 Å². The summed E-state index contributed by atoms with van der Waals surface area (Å²) >= 11 is 2.68. The summed E-state index contributed by atoms with van der Waals surface area (Å²) in [7, 11) is 0. The second-order valence-electron chi connectivity index (χ2n) is 6.63. The lowest BCUT2D eigenvalue weighted by Crippen LogP contribution is -2.50. The highest BCUT2D eigenvalue weighted by molar-refractivity contribution is 8.01. The summed E-state index contributed by atoms with van der Waals surface area (Å²) in [6.07, 6.45) is 0. The van der Waals surface area contributed by atoms with Gasteiger partial charge in [0, 0.05) is 35.8 Å². The van der Waals surface area contributed by atoms with Gasteiger partial charge in [0.05, 0.1) is 22.0 Å². The number of nitro benzene ring substituents is 1. The summed E-state index contributed by atoms with van der Waals surface area (Å²) in [6, 6.07) is 4.62. The fourth-order valence-corrected chi connectivity index (χ4v) is 4.60. The molecule has 0 N–H and O–H groups in total. The molecule has 1 aromatic carbocycles. The summed E-state index contributed by atoms with van der Waals surface area (Å²) in [5.74, 6) is -0.217. The maximum atomic E-state index is 12.8. The van der Waals surface area contributed by atoms with Crippen molar-refractivity contribution in [3.63, 3.8) is 0 Å². The lowest BCUT2D eigenvalue weighted by molar-refractivity contribution is -0.387. The number of nitrogens with zero attached hydrogens (tertiary/aromatic N) is 3. The topological polar surface area (TPSA) is 85.6 Å². The minimum Gasteiger partial charge on any atom is -0.372 e. The molecular formula is C17H19N3O4S2. The van der Waals surface area contributed by atoms with E-state index in [0.717, 1.165) is 10.0 Å². The van der Waals surface area contributed by atoms with Crippen molar-refractivity contribution < 1.29 is 14.5 Å². The van der Waals surface area contributed by atoms with Crippen LogP contribution in [0.2, 0.25) is 0 Å². The summed E-state index contributed by atoms with van der Waals surface area (Å²) in [4.78, 5) is 30.3. The van der Waals surface area contributed by atoms with Crippen LogP contribution in [0.1, 0.15) is 29.9 Å². The van der Waals surface area contributed by atoms with Crippen molar-refractivity contribution in [3.05, 3.63) is 45.0 Å². The largest absolute Gasteiger partial charge is 0.372 e. The second kappa shape index (κ2) is 7.34. The standard InChI is InChI=1S/C17H19N3O4S2/c1-11-9-25-16(18-11)26-14-5-4-12(8-13(14)20(22)23)15(21)19-6-7-24-17(2,3)10-19/h4-5,8-9H,6-7,10H2,1-3H3. The van der Waals surface area contributed by atoms with E-state index >= 15 is 0 Å². The summed E-state index contributed by atoms with van der Waals surface area (Å²) in [6.45, 7) is 7.10. The molecule has 3 rings (SSSR count). The molecule has 0 bridgehead atoms. The molecular weight excluding hydrogens is 374 g/mol. The van der Waals surface area contributed by atoms with Gasteiger partial charge in [-0.3, -0.25) is 14.9 Å². The third-order valence-electron chi connectivity index (χ3n) is 3.91. The SMILES string of the molecule is Cc1csc(Sc2ccc(C(=O)N3CCOC(C)(C)C3)cc2[N+](=O)[O-])n1. The Kier molecular flexibility index (Phi) is 5.31. The fourth-order valence-electron chi connectivity index (χ4n) is 2.73. The van der Waals surface area contributed by atoms with Crippen LogP contribution in [0.5, 0.6) is 0 Å². The number of ether oxygens (including phenoxy) is 1. The van der Waals surface area contributed by atoms with E-state index in [1.807, 2.05) is 26.2 Å². The number of aromatic nitrogens is 1. The molecule has 1 saturated heterocycles. The Bertz CT molecular complexity index is 850. The van der Waals surface area contributed by atoms with Gasteiger partial charge >= 0.3 is 0 Å². The molecule has 0 radical (unpaired) electrons. The number of hydrogen-bond acceptors (Lipinski definition) is 7. The smallest absolute Gasteiger partial charge is 0.284 e. The molecule has 0 spiro atoms. The van der Waals surface area contributed by atoms with Crippen LogP contribution in [0.25, 0.3) is 0 Å². The van der Waals surface area contributed by atoms with Crippen molar-refractivity contribution in [2.24, 2.45) is 0 Å². The van der Waals surface area contributed by atoms with E-state index in [9.17, 15) is 14.9 Å². The second-order valence-corrected chi connectivity index (χ2v) is 8.78. The number of benzene rings is 1. The van der Waals surface area contributed by atoms with E-state index in [2.05, 4.69) is 4.98 Å². The monoisotopic (exact) mass is 393 g/mol.